The lowest BCUT2D eigenvalue weighted by atomic mass is 10.1. The average Bonchev–Trinajstić information content (AvgIpc) is 2.39. The van der Waals surface area contributed by atoms with Gasteiger partial charge < -0.3 is 10.5 Å². The molecule has 2 atom stereocenters. The van der Waals surface area contributed by atoms with Crippen molar-refractivity contribution in [1.29, 1.82) is 0 Å². The van der Waals surface area contributed by atoms with Gasteiger partial charge in [0.15, 0.2) is 0 Å². The van der Waals surface area contributed by atoms with Crippen molar-refractivity contribution in [2.24, 2.45) is 5.73 Å². The normalized spacial score (nSPS) is 22.1. The molecule has 0 amide bonds. The minimum atomic E-state index is -0.384. The number of non-ortho nitro benzene ring substituents is 1. The topological polar surface area (TPSA) is 81.6 Å². The van der Waals surface area contributed by atoms with E-state index in [9.17, 15) is 10.1 Å². The molecule has 0 bridgehead atoms. The maximum atomic E-state index is 10.6. The van der Waals surface area contributed by atoms with Crippen molar-refractivity contribution < 1.29 is 9.66 Å². The molecular weight excluding hydrogens is 246 g/mol. The van der Waals surface area contributed by atoms with Crippen molar-refractivity contribution in [3.63, 3.8) is 0 Å². The van der Waals surface area contributed by atoms with E-state index in [0.717, 1.165) is 25.2 Å². The Bertz CT molecular complexity index is 433. The van der Waals surface area contributed by atoms with Gasteiger partial charge in [-0.1, -0.05) is 12.1 Å². The molecule has 0 radical (unpaired) electrons. The minimum Gasteiger partial charge on any atom is -0.374 e. The Morgan fingerprint density at radius 2 is 2.21 bits per heavy atom. The Labute approximate surface area is 112 Å². The van der Waals surface area contributed by atoms with Crippen LogP contribution < -0.4 is 5.73 Å². The van der Waals surface area contributed by atoms with Crippen molar-refractivity contribution in [3.05, 3.63) is 39.9 Å². The largest absolute Gasteiger partial charge is 0.374 e. The quantitative estimate of drug-likeness (QED) is 0.652. The van der Waals surface area contributed by atoms with Crippen LogP contribution in [0.15, 0.2) is 24.3 Å². The first kappa shape index (κ1) is 13.9. The van der Waals surface area contributed by atoms with Crippen molar-refractivity contribution in [3.8, 4) is 0 Å². The van der Waals surface area contributed by atoms with Gasteiger partial charge in [-0.25, -0.2) is 0 Å². The van der Waals surface area contributed by atoms with Gasteiger partial charge in [0.2, 0.25) is 0 Å². The molecular formula is C13H19N3O3. The highest BCUT2D eigenvalue weighted by Gasteiger charge is 2.23. The Balaban J connectivity index is 1.95. The van der Waals surface area contributed by atoms with Crippen molar-refractivity contribution in [2.45, 2.75) is 25.6 Å². The van der Waals surface area contributed by atoms with Gasteiger partial charge >= 0.3 is 0 Å². The number of rotatable bonds is 4. The van der Waals surface area contributed by atoms with E-state index in [-0.39, 0.29) is 22.8 Å². The second-order valence-electron chi connectivity index (χ2n) is 4.93. The lowest BCUT2D eigenvalue weighted by molar-refractivity contribution is -0.384. The first-order valence-corrected chi connectivity index (χ1v) is 6.39. The van der Waals surface area contributed by atoms with Crippen LogP contribution in [-0.2, 0) is 11.3 Å². The highest BCUT2D eigenvalue weighted by Crippen LogP contribution is 2.15. The van der Waals surface area contributed by atoms with E-state index in [0.29, 0.717) is 6.61 Å². The van der Waals surface area contributed by atoms with Crippen molar-refractivity contribution in [1.82, 2.24) is 4.90 Å². The molecule has 0 saturated carbocycles. The summed E-state index contributed by atoms with van der Waals surface area (Å²) in [4.78, 5) is 12.5. The second kappa shape index (κ2) is 6.10. The molecule has 1 aromatic rings. The van der Waals surface area contributed by atoms with Crippen LogP contribution >= 0.6 is 0 Å². The fourth-order valence-corrected chi connectivity index (χ4v) is 2.17. The van der Waals surface area contributed by atoms with E-state index in [2.05, 4.69) is 4.90 Å². The van der Waals surface area contributed by atoms with Gasteiger partial charge in [-0.05, 0) is 12.5 Å². The summed E-state index contributed by atoms with van der Waals surface area (Å²) in [5.41, 5.74) is 7.04. The zero-order valence-corrected chi connectivity index (χ0v) is 11.0. The second-order valence-corrected chi connectivity index (χ2v) is 4.93. The van der Waals surface area contributed by atoms with E-state index < -0.39 is 0 Å². The van der Waals surface area contributed by atoms with Crippen LogP contribution in [0.5, 0.6) is 0 Å². The summed E-state index contributed by atoms with van der Waals surface area (Å²) in [6.07, 6.45) is 0.0619. The highest BCUT2D eigenvalue weighted by molar-refractivity contribution is 5.32. The van der Waals surface area contributed by atoms with Crippen LogP contribution in [-0.4, -0.2) is 41.7 Å². The zero-order valence-electron chi connectivity index (χ0n) is 11.0. The number of nitrogens with zero attached hydrogens (tertiary/aromatic N) is 2. The van der Waals surface area contributed by atoms with Crippen LogP contribution in [0.25, 0.3) is 0 Å². The van der Waals surface area contributed by atoms with E-state index >= 15 is 0 Å². The third kappa shape index (κ3) is 3.73. The smallest absolute Gasteiger partial charge is 0.269 e. The molecule has 0 aliphatic carbocycles. The standard InChI is InChI=1S/C13H19N3O3/c1-10(14)13-9-15(6-7-19-13)8-11-2-4-12(5-3-11)16(17)18/h2-5,10,13H,6-9,14H2,1H3. The first-order valence-electron chi connectivity index (χ1n) is 6.39. The number of hydrogen-bond donors (Lipinski definition) is 1. The number of nitro groups is 1. The number of ether oxygens (including phenoxy) is 1. The predicted octanol–water partition coefficient (Wildman–Crippen LogP) is 1.14. The van der Waals surface area contributed by atoms with Crippen LogP contribution in [0.2, 0.25) is 0 Å². The van der Waals surface area contributed by atoms with Gasteiger partial charge in [0.1, 0.15) is 0 Å². The first-order chi connectivity index (χ1) is 9.06. The van der Waals surface area contributed by atoms with Crippen LogP contribution in [0, 0.1) is 10.1 Å². The Morgan fingerprint density at radius 3 is 2.79 bits per heavy atom. The average molecular weight is 265 g/mol. The lowest BCUT2D eigenvalue weighted by Gasteiger charge is -2.34. The predicted molar refractivity (Wildman–Crippen MR) is 71.8 cm³/mol. The molecule has 1 aliphatic heterocycles. The van der Waals surface area contributed by atoms with Gasteiger partial charge in [0, 0.05) is 37.8 Å². The third-order valence-corrected chi connectivity index (χ3v) is 3.32. The van der Waals surface area contributed by atoms with Gasteiger partial charge in [0.25, 0.3) is 5.69 Å². The fourth-order valence-electron chi connectivity index (χ4n) is 2.17. The highest BCUT2D eigenvalue weighted by atomic mass is 16.6. The van der Waals surface area contributed by atoms with Gasteiger partial charge in [-0.2, -0.15) is 0 Å². The molecule has 6 heteroatoms. The van der Waals surface area contributed by atoms with Crippen molar-refractivity contribution in [2.75, 3.05) is 19.7 Å². The molecule has 1 saturated heterocycles. The summed E-state index contributed by atoms with van der Waals surface area (Å²) >= 11 is 0. The molecule has 2 rings (SSSR count). The van der Waals surface area contributed by atoms with Crippen LogP contribution in [0.3, 0.4) is 0 Å². The maximum Gasteiger partial charge on any atom is 0.269 e. The number of benzene rings is 1. The summed E-state index contributed by atoms with van der Waals surface area (Å²) < 4.78 is 5.60. The molecule has 1 heterocycles. The monoisotopic (exact) mass is 265 g/mol. The van der Waals surface area contributed by atoms with E-state index in [1.165, 1.54) is 0 Å². The summed E-state index contributed by atoms with van der Waals surface area (Å²) in [6.45, 7) is 5.05. The molecule has 1 fully saturated rings. The zero-order chi connectivity index (χ0) is 13.8. The third-order valence-electron chi connectivity index (χ3n) is 3.32. The minimum absolute atomic E-state index is 0.0136. The molecule has 104 valence electrons. The molecule has 0 aromatic heterocycles. The molecule has 1 aromatic carbocycles. The maximum absolute atomic E-state index is 10.6. The summed E-state index contributed by atoms with van der Waals surface area (Å²) in [7, 11) is 0. The summed E-state index contributed by atoms with van der Waals surface area (Å²) in [5, 5.41) is 10.6. The lowest BCUT2D eigenvalue weighted by Crippen LogP contribution is -2.49. The molecule has 6 nitrogen and oxygen atoms in total. The van der Waals surface area contributed by atoms with E-state index in [1.54, 1.807) is 24.3 Å². The molecule has 1 aliphatic rings. The summed E-state index contributed by atoms with van der Waals surface area (Å²) in [6, 6.07) is 6.69. The van der Waals surface area contributed by atoms with Gasteiger partial charge in [-0.3, -0.25) is 15.0 Å². The Morgan fingerprint density at radius 1 is 1.53 bits per heavy atom. The van der Waals surface area contributed by atoms with Gasteiger partial charge in [0.05, 0.1) is 17.6 Å². The molecule has 2 unspecified atom stereocenters. The molecule has 2 N–H and O–H groups in total. The van der Waals surface area contributed by atoms with Crippen LogP contribution in [0.4, 0.5) is 5.69 Å². The SMILES string of the molecule is CC(N)C1CN(Cc2ccc([N+](=O)[O-])cc2)CCO1. The fraction of sp³-hybridized carbons (Fsp3) is 0.538. The van der Waals surface area contributed by atoms with E-state index in [1.807, 2.05) is 6.92 Å². The number of nitrogens with two attached hydrogens (primary N) is 1. The number of nitro benzene ring substituents is 1. The molecule has 19 heavy (non-hydrogen) atoms. The van der Waals surface area contributed by atoms with Gasteiger partial charge in [-0.15, -0.1) is 0 Å². The molecule has 0 spiro atoms. The van der Waals surface area contributed by atoms with Crippen molar-refractivity contribution >= 4 is 5.69 Å². The Hall–Kier alpha value is -1.50. The van der Waals surface area contributed by atoms with E-state index in [4.69, 9.17) is 10.5 Å². The summed E-state index contributed by atoms with van der Waals surface area (Å²) in [5.74, 6) is 0. The van der Waals surface area contributed by atoms with Crippen LogP contribution in [0.1, 0.15) is 12.5 Å². The number of morpholine rings is 1. The Kier molecular flexibility index (Phi) is 4.47. The number of hydrogen-bond acceptors (Lipinski definition) is 5.